The number of nitrogens with one attached hydrogen (secondary N) is 1. The van der Waals surface area contributed by atoms with Gasteiger partial charge in [0.2, 0.25) is 11.8 Å². The normalized spacial score (nSPS) is 10.5. The van der Waals surface area contributed by atoms with E-state index < -0.39 is 11.8 Å². The molecule has 0 saturated carbocycles. The Morgan fingerprint density at radius 2 is 1.96 bits per heavy atom. The van der Waals surface area contributed by atoms with Crippen LogP contribution < -0.4 is 5.32 Å². The van der Waals surface area contributed by atoms with Crippen molar-refractivity contribution in [3.8, 4) is 0 Å². The lowest BCUT2D eigenvalue weighted by molar-refractivity contribution is -0.113. The minimum atomic E-state index is -0.820. The molecule has 28 heavy (non-hydrogen) atoms. The van der Waals surface area contributed by atoms with E-state index in [1.54, 1.807) is 0 Å². The highest BCUT2D eigenvalue weighted by Gasteiger charge is 2.15. The largest absolute Gasteiger partial charge is 0.465 e. The third-order valence-electron chi connectivity index (χ3n) is 3.63. The molecule has 0 radical (unpaired) electrons. The number of hydrogen-bond acceptors (Lipinski definition) is 7. The molecule has 1 aromatic heterocycles. The summed E-state index contributed by atoms with van der Waals surface area (Å²) in [6.45, 7) is 0. The molecule has 144 valence electrons. The van der Waals surface area contributed by atoms with Crippen LogP contribution in [0.25, 0.3) is 0 Å². The number of hydrogen-bond donors (Lipinski definition) is 1. The second-order valence-corrected chi connectivity index (χ2v) is 6.57. The number of anilines is 1. The van der Waals surface area contributed by atoms with Crippen LogP contribution in [0.4, 0.5) is 10.1 Å². The van der Waals surface area contributed by atoms with Gasteiger partial charge in [0.15, 0.2) is 0 Å². The maximum absolute atomic E-state index is 13.6. The lowest BCUT2D eigenvalue weighted by Crippen LogP contribution is -2.15. The monoisotopic (exact) mass is 401 g/mol. The Balaban J connectivity index is 1.54. The zero-order valence-corrected chi connectivity index (χ0v) is 15.7. The number of carbonyl (C=O) groups is 2. The van der Waals surface area contributed by atoms with E-state index in [-0.39, 0.29) is 28.1 Å². The zero-order valence-electron chi connectivity index (χ0n) is 14.8. The van der Waals surface area contributed by atoms with E-state index in [2.05, 4.69) is 20.3 Å². The lowest BCUT2D eigenvalue weighted by atomic mass is 10.2. The number of thioether (sulfide) groups is 1. The summed E-state index contributed by atoms with van der Waals surface area (Å²) < 4.78 is 23.7. The number of carbonyl (C=O) groups excluding carboxylic acids is 2. The molecular weight excluding hydrogens is 385 g/mol. The number of benzene rings is 2. The van der Waals surface area contributed by atoms with Crippen molar-refractivity contribution in [3.63, 3.8) is 0 Å². The summed E-state index contributed by atoms with van der Waals surface area (Å²) in [5.41, 5.74) is 1.07. The number of esters is 1. The molecule has 9 heteroatoms. The summed E-state index contributed by atoms with van der Waals surface area (Å²) in [5, 5.41) is 10.7. The molecule has 0 fully saturated rings. The van der Waals surface area contributed by atoms with Gasteiger partial charge in [0.05, 0.1) is 24.8 Å². The molecule has 0 bridgehead atoms. The van der Waals surface area contributed by atoms with Gasteiger partial charge in [-0.25, -0.2) is 9.18 Å². The van der Waals surface area contributed by atoms with Crippen molar-refractivity contribution in [1.29, 1.82) is 0 Å². The van der Waals surface area contributed by atoms with Crippen LogP contribution >= 0.6 is 11.8 Å². The fraction of sp³-hybridized carbons (Fsp3) is 0.158. The van der Waals surface area contributed by atoms with Gasteiger partial charge in [-0.2, -0.15) is 0 Å². The molecular formula is C19H16FN3O4S. The van der Waals surface area contributed by atoms with Crippen molar-refractivity contribution >= 4 is 29.3 Å². The highest BCUT2D eigenvalue weighted by atomic mass is 32.2. The Kier molecular flexibility index (Phi) is 6.38. The third-order valence-corrected chi connectivity index (χ3v) is 4.45. The molecule has 0 spiro atoms. The molecule has 0 aliphatic rings. The van der Waals surface area contributed by atoms with Crippen LogP contribution in [0.3, 0.4) is 0 Å². The van der Waals surface area contributed by atoms with Crippen LogP contribution in [0, 0.1) is 5.82 Å². The Morgan fingerprint density at radius 1 is 1.18 bits per heavy atom. The van der Waals surface area contributed by atoms with Gasteiger partial charge in [-0.15, -0.1) is 10.2 Å². The zero-order chi connectivity index (χ0) is 19.9. The smallest absolute Gasteiger partial charge is 0.340 e. The number of aromatic nitrogens is 2. The molecule has 1 heterocycles. The van der Waals surface area contributed by atoms with Gasteiger partial charge in [0.25, 0.3) is 5.22 Å². The Bertz CT molecular complexity index is 978. The summed E-state index contributed by atoms with van der Waals surface area (Å²) in [6, 6.07) is 13.3. The first-order chi connectivity index (χ1) is 13.5. The fourth-order valence-electron chi connectivity index (χ4n) is 2.33. The summed E-state index contributed by atoms with van der Waals surface area (Å²) in [7, 11) is 1.15. The third kappa shape index (κ3) is 5.17. The Hall–Kier alpha value is -3.20. The van der Waals surface area contributed by atoms with E-state index in [0.717, 1.165) is 30.5 Å². The van der Waals surface area contributed by atoms with Crippen molar-refractivity contribution in [1.82, 2.24) is 10.2 Å². The predicted octanol–water partition coefficient (Wildman–Crippen LogP) is 3.32. The number of methoxy groups -OCH3 is 1. The topological polar surface area (TPSA) is 94.3 Å². The maximum atomic E-state index is 13.6. The van der Waals surface area contributed by atoms with Gasteiger partial charge in [0, 0.05) is 5.69 Å². The van der Waals surface area contributed by atoms with Crippen molar-refractivity contribution in [3.05, 3.63) is 71.4 Å². The number of ether oxygens (including phenoxy) is 1. The molecule has 1 N–H and O–H groups in total. The summed E-state index contributed by atoms with van der Waals surface area (Å²) in [4.78, 5) is 23.6. The van der Waals surface area contributed by atoms with E-state index in [4.69, 9.17) is 4.42 Å². The molecule has 0 aliphatic carbocycles. The van der Waals surface area contributed by atoms with Crippen molar-refractivity contribution < 1.29 is 23.1 Å². The first-order valence-corrected chi connectivity index (χ1v) is 9.20. The van der Waals surface area contributed by atoms with Gasteiger partial charge in [0.1, 0.15) is 5.82 Å². The van der Waals surface area contributed by atoms with Gasteiger partial charge < -0.3 is 14.5 Å². The summed E-state index contributed by atoms with van der Waals surface area (Å²) >= 11 is 1.08. The van der Waals surface area contributed by atoms with Gasteiger partial charge in [-0.1, -0.05) is 42.1 Å². The minimum Gasteiger partial charge on any atom is -0.465 e. The van der Waals surface area contributed by atoms with Crippen LogP contribution in [0.5, 0.6) is 0 Å². The fourth-order valence-corrected chi connectivity index (χ4v) is 2.91. The van der Waals surface area contributed by atoms with E-state index in [1.807, 2.05) is 30.3 Å². The quantitative estimate of drug-likeness (QED) is 0.479. The lowest BCUT2D eigenvalue weighted by Gasteiger charge is -2.07. The highest BCUT2D eigenvalue weighted by molar-refractivity contribution is 7.99. The molecule has 0 aliphatic heterocycles. The molecule has 3 rings (SSSR count). The average molecular weight is 401 g/mol. The summed E-state index contributed by atoms with van der Waals surface area (Å²) in [6.07, 6.45) is 0.506. The Morgan fingerprint density at radius 3 is 2.71 bits per heavy atom. The van der Waals surface area contributed by atoms with Crippen LogP contribution in [-0.4, -0.2) is 34.9 Å². The molecule has 2 aromatic carbocycles. The standard InChI is InChI=1S/C19H16FN3O4S/c1-26-18(25)14-10-13(7-8-15(14)20)21-16(24)11-28-19-23-22-17(27-19)9-12-5-3-2-4-6-12/h2-8,10H,9,11H2,1H3,(H,21,24). The van der Waals surface area contributed by atoms with Gasteiger partial charge >= 0.3 is 5.97 Å². The summed E-state index contributed by atoms with van der Waals surface area (Å²) in [5.74, 6) is -1.45. The van der Waals surface area contributed by atoms with Crippen LogP contribution in [-0.2, 0) is 16.0 Å². The van der Waals surface area contributed by atoms with E-state index in [9.17, 15) is 14.0 Å². The van der Waals surface area contributed by atoms with E-state index in [0.29, 0.717) is 12.3 Å². The van der Waals surface area contributed by atoms with Gasteiger partial charge in [-0.3, -0.25) is 4.79 Å². The van der Waals surface area contributed by atoms with Crippen LogP contribution in [0.2, 0.25) is 0 Å². The first-order valence-electron chi connectivity index (χ1n) is 8.22. The van der Waals surface area contributed by atoms with Crippen molar-refractivity contribution in [2.24, 2.45) is 0 Å². The SMILES string of the molecule is COC(=O)c1cc(NC(=O)CSc2nnc(Cc3ccccc3)o2)ccc1F. The Labute approximate surface area is 164 Å². The minimum absolute atomic E-state index is 0.0118. The van der Waals surface area contributed by atoms with Crippen molar-refractivity contribution in [2.45, 2.75) is 11.6 Å². The molecule has 1 amide bonds. The van der Waals surface area contributed by atoms with Gasteiger partial charge in [-0.05, 0) is 23.8 Å². The van der Waals surface area contributed by atoms with E-state index in [1.165, 1.54) is 12.1 Å². The molecule has 0 unspecified atom stereocenters. The van der Waals surface area contributed by atoms with Crippen LogP contribution in [0.1, 0.15) is 21.8 Å². The molecule has 0 saturated heterocycles. The number of nitrogens with zero attached hydrogens (tertiary/aromatic N) is 2. The number of halogens is 1. The predicted molar refractivity (Wildman–Crippen MR) is 101 cm³/mol. The second-order valence-electron chi connectivity index (χ2n) is 5.65. The average Bonchev–Trinajstić information content (AvgIpc) is 3.15. The van der Waals surface area contributed by atoms with Crippen LogP contribution in [0.15, 0.2) is 58.2 Å². The second kappa shape index (κ2) is 9.14. The molecule has 3 aromatic rings. The first kappa shape index (κ1) is 19.6. The number of rotatable bonds is 7. The molecule has 7 nitrogen and oxygen atoms in total. The maximum Gasteiger partial charge on any atom is 0.340 e. The highest BCUT2D eigenvalue weighted by Crippen LogP contribution is 2.19. The number of amides is 1. The van der Waals surface area contributed by atoms with Crippen molar-refractivity contribution in [2.75, 3.05) is 18.2 Å². The molecule has 0 atom stereocenters. The van der Waals surface area contributed by atoms with E-state index >= 15 is 0 Å².